The Labute approximate surface area is 97.9 Å². The Morgan fingerprint density at radius 2 is 1.88 bits per heavy atom. The highest BCUT2D eigenvalue weighted by Gasteiger charge is 2.08. The average Bonchev–Trinajstić information content (AvgIpc) is 2.37. The van der Waals surface area contributed by atoms with Crippen LogP contribution in [0.3, 0.4) is 0 Å². The summed E-state index contributed by atoms with van der Waals surface area (Å²) >= 11 is 0. The standard InChI is InChI=1S/C13H21N3/c1-2-10-16(11-3-1)12-4-7-15-13-5-8-14-9-6-13/h5-6,8-9H,1-4,7,10-12H2,(H,14,15). The molecule has 1 aromatic heterocycles. The molecule has 1 aliphatic heterocycles. The van der Waals surface area contributed by atoms with E-state index in [1.807, 2.05) is 24.5 Å². The highest BCUT2D eigenvalue weighted by atomic mass is 15.1. The number of rotatable bonds is 5. The second-order valence-corrected chi connectivity index (χ2v) is 4.42. The number of nitrogens with one attached hydrogen (secondary N) is 1. The number of anilines is 1. The summed E-state index contributed by atoms with van der Waals surface area (Å²) in [6, 6.07) is 4.03. The van der Waals surface area contributed by atoms with E-state index in [9.17, 15) is 0 Å². The molecule has 1 fully saturated rings. The first-order valence-corrected chi connectivity index (χ1v) is 6.31. The lowest BCUT2D eigenvalue weighted by atomic mass is 10.1. The molecule has 2 heterocycles. The molecule has 0 spiro atoms. The zero-order chi connectivity index (χ0) is 11.1. The number of aromatic nitrogens is 1. The smallest absolute Gasteiger partial charge is 0.0371 e. The first-order valence-electron chi connectivity index (χ1n) is 6.31. The molecule has 1 aromatic rings. The molecule has 1 aliphatic rings. The van der Waals surface area contributed by atoms with Gasteiger partial charge in [-0.2, -0.15) is 0 Å². The predicted molar refractivity (Wildman–Crippen MR) is 67.6 cm³/mol. The van der Waals surface area contributed by atoms with Crippen molar-refractivity contribution in [2.24, 2.45) is 0 Å². The Bertz CT molecular complexity index is 280. The van der Waals surface area contributed by atoms with Gasteiger partial charge in [0.05, 0.1) is 0 Å². The van der Waals surface area contributed by atoms with Gasteiger partial charge in [-0.05, 0) is 51.0 Å². The van der Waals surface area contributed by atoms with Crippen molar-refractivity contribution in [1.29, 1.82) is 0 Å². The molecule has 88 valence electrons. The number of piperidine rings is 1. The van der Waals surface area contributed by atoms with Gasteiger partial charge in [0.1, 0.15) is 0 Å². The Morgan fingerprint density at radius 1 is 1.12 bits per heavy atom. The minimum atomic E-state index is 1.06. The second kappa shape index (κ2) is 6.48. The van der Waals surface area contributed by atoms with E-state index in [-0.39, 0.29) is 0 Å². The second-order valence-electron chi connectivity index (χ2n) is 4.42. The fraction of sp³-hybridized carbons (Fsp3) is 0.615. The molecule has 3 nitrogen and oxygen atoms in total. The number of hydrogen-bond acceptors (Lipinski definition) is 3. The third kappa shape index (κ3) is 3.81. The predicted octanol–water partition coefficient (Wildman–Crippen LogP) is 2.37. The van der Waals surface area contributed by atoms with Crippen LogP contribution in [0.2, 0.25) is 0 Å². The van der Waals surface area contributed by atoms with Crippen LogP contribution in [-0.4, -0.2) is 36.1 Å². The Hall–Kier alpha value is -1.09. The van der Waals surface area contributed by atoms with Gasteiger partial charge in [0.15, 0.2) is 0 Å². The van der Waals surface area contributed by atoms with Crippen molar-refractivity contribution in [2.75, 3.05) is 31.5 Å². The van der Waals surface area contributed by atoms with E-state index in [4.69, 9.17) is 0 Å². The van der Waals surface area contributed by atoms with Gasteiger partial charge in [0, 0.05) is 24.6 Å². The summed E-state index contributed by atoms with van der Waals surface area (Å²) in [6.07, 6.45) is 9.07. The highest BCUT2D eigenvalue weighted by molar-refractivity contribution is 5.40. The van der Waals surface area contributed by atoms with Gasteiger partial charge in [-0.15, -0.1) is 0 Å². The van der Waals surface area contributed by atoms with Gasteiger partial charge < -0.3 is 10.2 Å². The van der Waals surface area contributed by atoms with E-state index in [0.717, 1.165) is 6.54 Å². The zero-order valence-corrected chi connectivity index (χ0v) is 9.86. The van der Waals surface area contributed by atoms with E-state index < -0.39 is 0 Å². The third-order valence-corrected chi connectivity index (χ3v) is 3.11. The number of likely N-dealkylation sites (tertiary alicyclic amines) is 1. The molecule has 1 N–H and O–H groups in total. The van der Waals surface area contributed by atoms with Crippen molar-refractivity contribution in [2.45, 2.75) is 25.7 Å². The van der Waals surface area contributed by atoms with Crippen LogP contribution in [-0.2, 0) is 0 Å². The minimum absolute atomic E-state index is 1.06. The van der Waals surface area contributed by atoms with E-state index >= 15 is 0 Å². The lowest BCUT2D eigenvalue weighted by molar-refractivity contribution is 0.228. The molecule has 0 aliphatic carbocycles. The van der Waals surface area contributed by atoms with Crippen LogP contribution < -0.4 is 5.32 Å². The van der Waals surface area contributed by atoms with Gasteiger partial charge in [0.25, 0.3) is 0 Å². The van der Waals surface area contributed by atoms with Crippen LogP contribution in [0.15, 0.2) is 24.5 Å². The maximum absolute atomic E-state index is 4.00. The van der Waals surface area contributed by atoms with Crippen LogP contribution in [0.5, 0.6) is 0 Å². The van der Waals surface area contributed by atoms with Crippen LogP contribution >= 0.6 is 0 Å². The van der Waals surface area contributed by atoms with Gasteiger partial charge in [-0.3, -0.25) is 4.98 Å². The molecule has 0 atom stereocenters. The van der Waals surface area contributed by atoms with E-state index in [1.54, 1.807) is 0 Å². The zero-order valence-electron chi connectivity index (χ0n) is 9.86. The summed E-state index contributed by atoms with van der Waals surface area (Å²) in [6.45, 7) is 4.89. The van der Waals surface area contributed by atoms with Crippen molar-refractivity contribution in [3.05, 3.63) is 24.5 Å². The molecule has 0 unspecified atom stereocenters. The molecule has 3 heteroatoms. The number of nitrogens with zero attached hydrogens (tertiary/aromatic N) is 2. The Kier molecular flexibility index (Phi) is 4.62. The Balaban J connectivity index is 1.58. The van der Waals surface area contributed by atoms with Crippen LogP contribution in [0, 0.1) is 0 Å². The molecular formula is C13H21N3. The fourth-order valence-corrected chi connectivity index (χ4v) is 2.19. The van der Waals surface area contributed by atoms with Gasteiger partial charge in [0.2, 0.25) is 0 Å². The normalized spacial score (nSPS) is 17.2. The summed E-state index contributed by atoms with van der Waals surface area (Å²) in [4.78, 5) is 6.58. The molecule has 2 rings (SSSR count). The van der Waals surface area contributed by atoms with Crippen molar-refractivity contribution < 1.29 is 0 Å². The molecule has 16 heavy (non-hydrogen) atoms. The van der Waals surface area contributed by atoms with E-state index in [2.05, 4.69) is 15.2 Å². The summed E-state index contributed by atoms with van der Waals surface area (Å²) in [5.41, 5.74) is 1.17. The number of hydrogen-bond donors (Lipinski definition) is 1. The lowest BCUT2D eigenvalue weighted by Crippen LogP contribution is -2.31. The molecule has 0 saturated carbocycles. The Morgan fingerprint density at radius 3 is 2.62 bits per heavy atom. The van der Waals surface area contributed by atoms with Crippen LogP contribution in [0.1, 0.15) is 25.7 Å². The van der Waals surface area contributed by atoms with Crippen LogP contribution in [0.4, 0.5) is 5.69 Å². The maximum atomic E-state index is 4.00. The quantitative estimate of drug-likeness (QED) is 0.771. The van der Waals surface area contributed by atoms with E-state index in [0.29, 0.717) is 0 Å². The summed E-state index contributed by atoms with van der Waals surface area (Å²) in [5.74, 6) is 0. The minimum Gasteiger partial charge on any atom is -0.385 e. The summed E-state index contributed by atoms with van der Waals surface area (Å²) in [5, 5.41) is 3.42. The topological polar surface area (TPSA) is 28.2 Å². The van der Waals surface area contributed by atoms with Gasteiger partial charge >= 0.3 is 0 Å². The molecular weight excluding hydrogens is 198 g/mol. The van der Waals surface area contributed by atoms with Gasteiger partial charge in [-0.25, -0.2) is 0 Å². The van der Waals surface area contributed by atoms with Crippen molar-refractivity contribution in [3.8, 4) is 0 Å². The maximum Gasteiger partial charge on any atom is 0.0371 e. The summed E-state index contributed by atoms with van der Waals surface area (Å²) < 4.78 is 0. The summed E-state index contributed by atoms with van der Waals surface area (Å²) in [7, 11) is 0. The average molecular weight is 219 g/mol. The third-order valence-electron chi connectivity index (χ3n) is 3.11. The fourth-order valence-electron chi connectivity index (χ4n) is 2.19. The first-order chi connectivity index (χ1) is 7.95. The molecule has 0 radical (unpaired) electrons. The van der Waals surface area contributed by atoms with Crippen molar-refractivity contribution in [1.82, 2.24) is 9.88 Å². The first kappa shape index (κ1) is 11.4. The van der Waals surface area contributed by atoms with Gasteiger partial charge in [-0.1, -0.05) is 6.42 Å². The largest absolute Gasteiger partial charge is 0.385 e. The van der Waals surface area contributed by atoms with Crippen molar-refractivity contribution in [3.63, 3.8) is 0 Å². The van der Waals surface area contributed by atoms with Crippen LogP contribution in [0.25, 0.3) is 0 Å². The monoisotopic (exact) mass is 219 g/mol. The highest BCUT2D eigenvalue weighted by Crippen LogP contribution is 2.09. The van der Waals surface area contributed by atoms with Crippen molar-refractivity contribution >= 4 is 5.69 Å². The lowest BCUT2D eigenvalue weighted by Gasteiger charge is -2.26. The number of pyridine rings is 1. The molecule has 0 amide bonds. The molecule has 0 aromatic carbocycles. The van der Waals surface area contributed by atoms with E-state index in [1.165, 1.54) is 51.0 Å². The molecule has 1 saturated heterocycles. The SMILES string of the molecule is c1cc(NCCCN2CCCCC2)ccn1. The molecule has 0 bridgehead atoms.